The number of rotatable bonds is 7. The molecule has 1 fully saturated rings. The molecule has 174 valence electrons. The van der Waals surface area contributed by atoms with Crippen LogP contribution in [0, 0.1) is 5.92 Å². The molecule has 1 aliphatic rings. The maximum atomic E-state index is 13.3. The molecule has 1 atom stereocenters. The standard InChI is InChI=1S/C24H26ClN3O5/c1-4-15(5-2)22(30)26-28(23(31)16-9-11-17(25)12-10-16)20-14-21(29)27(24(20)32)18-7-6-8-19(13-18)33-3/h6-13,15,20H,4-5,14H2,1-3H3,(H,26,30). The highest BCUT2D eigenvalue weighted by Crippen LogP contribution is 2.29. The van der Waals surface area contributed by atoms with Crippen molar-refractivity contribution < 1.29 is 23.9 Å². The highest BCUT2D eigenvalue weighted by atomic mass is 35.5. The molecular formula is C24H26ClN3O5. The number of amides is 4. The lowest BCUT2D eigenvalue weighted by Crippen LogP contribution is -2.55. The van der Waals surface area contributed by atoms with Crippen molar-refractivity contribution in [2.45, 2.75) is 39.2 Å². The summed E-state index contributed by atoms with van der Waals surface area (Å²) in [5, 5.41) is 1.42. The Morgan fingerprint density at radius 2 is 1.82 bits per heavy atom. The van der Waals surface area contributed by atoms with Crippen molar-refractivity contribution in [3.05, 3.63) is 59.1 Å². The minimum atomic E-state index is -1.19. The fourth-order valence-electron chi connectivity index (χ4n) is 3.71. The Labute approximate surface area is 197 Å². The van der Waals surface area contributed by atoms with Gasteiger partial charge in [0.15, 0.2) is 0 Å². The average molecular weight is 472 g/mol. The first kappa shape index (κ1) is 24.3. The molecule has 0 aliphatic carbocycles. The van der Waals surface area contributed by atoms with Gasteiger partial charge in [0.2, 0.25) is 11.8 Å². The molecule has 1 unspecified atom stereocenters. The number of methoxy groups -OCH3 is 1. The van der Waals surface area contributed by atoms with Crippen molar-refractivity contribution >= 4 is 40.9 Å². The summed E-state index contributed by atoms with van der Waals surface area (Å²) < 4.78 is 5.19. The molecule has 2 aromatic rings. The molecule has 0 spiro atoms. The van der Waals surface area contributed by atoms with Crippen LogP contribution in [0.25, 0.3) is 0 Å². The van der Waals surface area contributed by atoms with E-state index < -0.39 is 23.8 Å². The first-order valence-electron chi connectivity index (χ1n) is 10.7. The number of hydrogen-bond donors (Lipinski definition) is 1. The van der Waals surface area contributed by atoms with E-state index in [1.54, 1.807) is 36.4 Å². The summed E-state index contributed by atoms with van der Waals surface area (Å²) in [6.45, 7) is 3.74. The van der Waals surface area contributed by atoms with E-state index in [1.807, 2.05) is 13.8 Å². The van der Waals surface area contributed by atoms with Crippen molar-refractivity contribution in [2.75, 3.05) is 12.0 Å². The summed E-state index contributed by atoms with van der Waals surface area (Å²) in [5.74, 6) is -1.95. The minimum absolute atomic E-state index is 0.226. The van der Waals surface area contributed by atoms with Crippen LogP contribution >= 0.6 is 11.6 Å². The quantitative estimate of drug-likeness (QED) is 0.491. The molecule has 33 heavy (non-hydrogen) atoms. The molecule has 4 amide bonds. The summed E-state index contributed by atoms with van der Waals surface area (Å²) in [6, 6.07) is 11.4. The summed E-state index contributed by atoms with van der Waals surface area (Å²) in [6.07, 6.45) is 0.871. The van der Waals surface area contributed by atoms with Crippen LogP contribution in [0.3, 0.4) is 0 Å². The molecule has 1 aliphatic heterocycles. The van der Waals surface area contributed by atoms with E-state index in [0.29, 0.717) is 29.3 Å². The third-order valence-electron chi connectivity index (χ3n) is 5.64. The van der Waals surface area contributed by atoms with Crippen LogP contribution in [0.15, 0.2) is 48.5 Å². The SMILES string of the molecule is CCC(CC)C(=O)NN(C(=O)c1ccc(Cl)cc1)C1CC(=O)N(c2cccc(OC)c2)C1=O. The van der Waals surface area contributed by atoms with Gasteiger partial charge < -0.3 is 4.74 Å². The molecule has 0 saturated carbocycles. The maximum absolute atomic E-state index is 13.3. The molecule has 1 N–H and O–H groups in total. The number of imide groups is 1. The number of nitrogens with zero attached hydrogens (tertiary/aromatic N) is 2. The molecule has 8 nitrogen and oxygen atoms in total. The minimum Gasteiger partial charge on any atom is -0.497 e. The van der Waals surface area contributed by atoms with Crippen LogP contribution in [0.5, 0.6) is 5.75 Å². The number of hydrazine groups is 1. The van der Waals surface area contributed by atoms with Gasteiger partial charge in [0.1, 0.15) is 11.8 Å². The number of nitrogens with one attached hydrogen (secondary N) is 1. The van der Waals surface area contributed by atoms with E-state index in [9.17, 15) is 19.2 Å². The van der Waals surface area contributed by atoms with Crippen molar-refractivity contribution in [3.63, 3.8) is 0 Å². The molecule has 0 bridgehead atoms. The second kappa shape index (κ2) is 10.5. The van der Waals surface area contributed by atoms with Gasteiger partial charge in [0.05, 0.1) is 19.2 Å². The largest absolute Gasteiger partial charge is 0.497 e. The van der Waals surface area contributed by atoms with Crippen molar-refractivity contribution in [1.82, 2.24) is 10.4 Å². The van der Waals surface area contributed by atoms with Gasteiger partial charge in [0.25, 0.3) is 11.8 Å². The molecule has 2 aromatic carbocycles. The van der Waals surface area contributed by atoms with Gasteiger partial charge in [0, 0.05) is 22.6 Å². The van der Waals surface area contributed by atoms with E-state index in [2.05, 4.69) is 5.43 Å². The van der Waals surface area contributed by atoms with E-state index in [-0.39, 0.29) is 23.8 Å². The molecule has 0 aromatic heterocycles. The van der Waals surface area contributed by atoms with E-state index in [4.69, 9.17) is 16.3 Å². The smallest absolute Gasteiger partial charge is 0.273 e. The first-order chi connectivity index (χ1) is 15.8. The van der Waals surface area contributed by atoms with Gasteiger partial charge in [-0.1, -0.05) is 31.5 Å². The predicted molar refractivity (Wildman–Crippen MR) is 124 cm³/mol. The topological polar surface area (TPSA) is 96.0 Å². The number of anilines is 1. The number of ether oxygens (including phenoxy) is 1. The Balaban J connectivity index is 1.96. The number of halogens is 1. The normalized spacial score (nSPS) is 15.7. The second-order valence-corrected chi connectivity index (χ2v) is 8.10. The third-order valence-corrected chi connectivity index (χ3v) is 5.89. The fourth-order valence-corrected chi connectivity index (χ4v) is 3.84. The molecule has 3 rings (SSSR count). The van der Waals surface area contributed by atoms with Crippen LogP contribution in [-0.4, -0.2) is 41.8 Å². The lowest BCUT2D eigenvalue weighted by Gasteiger charge is -2.29. The number of hydrogen-bond acceptors (Lipinski definition) is 5. The summed E-state index contributed by atoms with van der Waals surface area (Å²) in [4.78, 5) is 53.4. The van der Waals surface area contributed by atoms with E-state index in [1.165, 1.54) is 19.2 Å². The van der Waals surface area contributed by atoms with Crippen LogP contribution in [0.2, 0.25) is 5.02 Å². The molecule has 9 heteroatoms. The van der Waals surface area contributed by atoms with Gasteiger partial charge in [-0.15, -0.1) is 0 Å². The van der Waals surface area contributed by atoms with Crippen LogP contribution in [0.4, 0.5) is 5.69 Å². The Morgan fingerprint density at radius 1 is 1.15 bits per heavy atom. The number of carbonyl (C=O) groups is 4. The molecule has 1 saturated heterocycles. The fraction of sp³-hybridized carbons (Fsp3) is 0.333. The van der Waals surface area contributed by atoms with Crippen molar-refractivity contribution in [2.24, 2.45) is 5.92 Å². The molecular weight excluding hydrogens is 446 g/mol. The van der Waals surface area contributed by atoms with Gasteiger partial charge in [-0.3, -0.25) is 24.6 Å². The van der Waals surface area contributed by atoms with Crippen LogP contribution in [0.1, 0.15) is 43.5 Å². The second-order valence-electron chi connectivity index (χ2n) is 7.66. The zero-order chi connectivity index (χ0) is 24.1. The molecule has 1 heterocycles. The third kappa shape index (κ3) is 5.17. The highest BCUT2D eigenvalue weighted by molar-refractivity contribution is 6.30. The summed E-state index contributed by atoms with van der Waals surface area (Å²) >= 11 is 5.93. The van der Waals surface area contributed by atoms with Gasteiger partial charge in [-0.05, 0) is 49.2 Å². The number of carbonyl (C=O) groups excluding carboxylic acids is 4. The highest BCUT2D eigenvalue weighted by Gasteiger charge is 2.45. The van der Waals surface area contributed by atoms with Crippen molar-refractivity contribution in [1.29, 1.82) is 0 Å². The predicted octanol–water partition coefficient (Wildman–Crippen LogP) is 3.59. The summed E-state index contributed by atoms with van der Waals surface area (Å²) in [5.41, 5.74) is 3.16. The maximum Gasteiger partial charge on any atom is 0.273 e. The molecule has 0 radical (unpaired) electrons. The Morgan fingerprint density at radius 3 is 2.42 bits per heavy atom. The lowest BCUT2D eigenvalue weighted by molar-refractivity contribution is -0.132. The Hall–Kier alpha value is -3.39. The van der Waals surface area contributed by atoms with Crippen LogP contribution < -0.4 is 15.1 Å². The first-order valence-corrected chi connectivity index (χ1v) is 11.1. The summed E-state index contributed by atoms with van der Waals surface area (Å²) in [7, 11) is 1.48. The van der Waals surface area contributed by atoms with Crippen LogP contribution in [-0.2, 0) is 14.4 Å². The van der Waals surface area contributed by atoms with Crippen molar-refractivity contribution in [3.8, 4) is 5.75 Å². The lowest BCUT2D eigenvalue weighted by atomic mass is 10.0. The van der Waals surface area contributed by atoms with E-state index >= 15 is 0 Å². The average Bonchev–Trinajstić information content (AvgIpc) is 3.11. The Bertz CT molecular complexity index is 1050. The number of benzene rings is 2. The van der Waals surface area contributed by atoms with Gasteiger partial charge in [-0.2, -0.15) is 0 Å². The van der Waals surface area contributed by atoms with E-state index in [0.717, 1.165) is 9.91 Å². The van der Waals surface area contributed by atoms with Gasteiger partial charge >= 0.3 is 0 Å². The zero-order valence-corrected chi connectivity index (χ0v) is 19.5. The zero-order valence-electron chi connectivity index (χ0n) is 18.7. The monoisotopic (exact) mass is 471 g/mol. The Kier molecular flexibility index (Phi) is 7.71. The van der Waals surface area contributed by atoms with Gasteiger partial charge in [-0.25, -0.2) is 9.91 Å².